The van der Waals surface area contributed by atoms with E-state index in [4.69, 9.17) is 5.11 Å². The molecule has 5 nitrogen and oxygen atoms in total. The molecule has 1 aromatic rings. The van der Waals surface area contributed by atoms with Gasteiger partial charge in [-0.05, 0) is 18.2 Å². The number of halogens is 3. The van der Waals surface area contributed by atoms with Crippen LogP contribution >= 0.6 is 0 Å². The third-order valence-electron chi connectivity index (χ3n) is 2.26. The molecule has 0 spiro atoms. The highest BCUT2D eigenvalue weighted by atomic mass is 32.2. The lowest BCUT2D eigenvalue weighted by molar-refractivity contribution is 0.0696. The maximum absolute atomic E-state index is 13.4. The predicted octanol–water partition coefficient (Wildman–Crippen LogP) is 1.41. The van der Waals surface area contributed by atoms with Gasteiger partial charge in [0.2, 0.25) is 10.0 Å². The van der Waals surface area contributed by atoms with Crippen LogP contribution in [0.2, 0.25) is 0 Å². The van der Waals surface area contributed by atoms with Crippen molar-refractivity contribution in [2.24, 2.45) is 0 Å². The number of carboxylic acids is 1. The van der Waals surface area contributed by atoms with Crippen LogP contribution in [0.25, 0.3) is 0 Å². The van der Waals surface area contributed by atoms with Crippen LogP contribution in [0.3, 0.4) is 0 Å². The van der Waals surface area contributed by atoms with Gasteiger partial charge in [0.05, 0.1) is 12.1 Å². The number of aromatic carboxylic acids is 1. The number of benzene rings is 1. The molecule has 0 saturated heterocycles. The number of hydrogen-bond acceptors (Lipinski definition) is 3. The molecular formula is C10H10F3NO4S. The molecule has 0 aliphatic carbocycles. The van der Waals surface area contributed by atoms with E-state index in [-0.39, 0.29) is 4.31 Å². The first-order chi connectivity index (χ1) is 8.66. The van der Waals surface area contributed by atoms with Crippen LogP contribution in [-0.4, -0.2) is 43.8 Å². The topological polar surface area (TPSA) is 74.7 Å². The zero-order valence-electron chi connectivity index (χ0n) is 9.68. The van der Waals surface area contributed by atoms with Crippen LogP contribution in [0, 0.1) is 5.82 Å². The van der Waals surface area contributed by atoms with Crippen molar-refractivity contribution in [2.45, 2.75) is 11.3 Å². The van der Waals surface area contributed by atoms with E-state index < -0.39 is 45.2 Å². The number of rotatable bonds is 5. The second-order valence-corrected chi connectivity index (χ2v) is 5.64. The van der Waals surface area contributed by atoms with E-state index in [1.165, 1.54) is 0 Å². The van der Waals surface area contributed by atoms with Crippen LogP contribution < -0.4 is 0 Å². The first-order valence-electron chi connectivity index (χ1n) is 4.93. The van der Waals surface area contributed by atoms with Crippen LogP contribution in [0.15, 0.2) is 23.1 Å². The maximum Gasteiger partial charge on any atom is 0.335 e. The quantitative estimate of drug-likeness (QED) is 0.891. The van der Waals surface area contributed by atoms with Crippen LogP contribution in [-0.2, 0) is 10.0 Å². The summed E-state index contributed by atoms with van der Waals surface area (Å²) in [4.78, 5) is 9.74. The van der Waals surface area contributed by atoms with E-state index in [0.717, 1.165) is 13.1 Å². The van der Waals surface area contributed by atoms with Gasteiger partial charge in [0.15, 0.2) is 0 Å². The minimum Gasteiger partial charge on any atom is -0.478 e. The van der Waals surface area contributed by atoms with Crippen molar-refractivity contribution in [1.29, 1.82) is 0 Å². The van der Waals surface area contributed by atoms with Gasteiger partial charge in [0.1, 0.15) is 10.7 Å². The number of sulfonamides is 1. The van der Waals surface area contributed by atoms with Crippen LogP contribution in [0.4, 0.5) is 13.2 Å². The molecule has 9 heteroatoms. The second-order valence-electron chi connectivity index (χ2n) is 3.63. The van der Waals surface area contributed by atoms with Crippen molar-refractivity contribution in [2.75, 3.05) is 13.6 Å². The maximum atomic E-state index is 13.4. The van der Waals surface area contributed by atoms with Crippen molar-refractivity contribution in [1.82, 2.24) is 4.31 Å². The molecule has 1 rings (SSSR count). The normalized spacial score (nSPS) is 12.1. The van der Waals surface area contributed by atoms with Crippen molar-refractivity contribution >= 4 is 16.0 Å². The average Bonchev–Trinajstić information content (AvgIpc) is 2.27. The highest BCUT2D eigenvalue weighted by Gasteiger charge is 2.27. The Morgan fingerprint density at radius 2 is 2.00 bits per heavy atom. The highest BCUT2D eigenvalue weighted by molar-refractivity contribution is 7.89. The summed E-state index contributed by atoms with van der Waals surface area (Å²) < 4.78 is 61.6. The Morgan fingerprint density at radius 1 is 1.42 bits per heavy atom. The molecule has 0 saturated carbocycles. The molecular weight excluding hydrogens is 287 g/mol. The number of hydrogen-bond donors (Lipinski definition) is 1. The molecule has 0 atom stereocenters. The fourth-order valence-electron chi connectivity index (χ4n) is 1.29. The van der Waals surface area contributed by atoms with Crippen molar-refractivity contribution in [3.63, 3.8) is 0 Å². The molecule has 0 aliphatic heterocycles. The van der Waals surface area contributed by atoms with E-state index in [1.54, 1.807) is 0 Å². The van der Waals surface area contributed by atoms with E-state index >= 15 is 0 Å². The van der Waals surface area contributed by atoms with Crippen molar-refractivity contribution < 1.29 is 31.5 Å². The third kappa shape index (κ3) is 3.44. The minimum atomic E-state index is -4.51. The summed E-state index contributed by atoms with van der Waals surface area (Å²) >= 11 is 0. The predicted molar refractivity (Wildman–Crippen MR) is 59.2 cm³/mol. The second kappa shape index (κ2) is 5.57. The minimum absolute atomic E-state index is 0.266. The van der Waals surface area contributed by atoms with Gasteiger partial charge in [0, 0.05) is 7.05 Å². The van der Waals surface area contributed by atoms with E-state index in [0.29, 0.717) is 12.1 Å². The summed E-state index contributed by atoms with van der Waals surface area (Å²) in [6.07, 6.45) is -2.93. The summed E-state index contributed by atoms with van der Waals surface area (Å²) in [5, 5.41) is 8.70. The Morgan fingerprint density at radius 3 is 2.47 bits per heavy atom. The van der Waals surface area contributed by atoms with E-state index in [1.807, 2.05) is 0 Å². The molecule has 106 valence electrons. The monoisotopic (exact) mass is 297 g/mol. The Labute approximate surface area is 107 Å². The van der Waals surface area contributed by atoms with E-state index in [2.05, 4.69) is 0 Å². The standard InChI is InChI=1S/C10H10F3NO4S/c1-14(5-9(12)13)19(17,18)8-4-6(10(15)16)2-3-7(8)11/h2-4,9H,5H2,1H3,(H,15,16). The summed E-state index contributed by atoms with van der Waals surface area (Å²) in [5.41, 5.74) is -0.453. The SMILES string of the molecule is CN(CC(F)F)S(=O)(=O)c1cc(C(=O)O)ccc1F. The zero-order chi connectivity index (χ0) is 14.8. The third-order valence-corrected chi connectivity index (χ3v) is 4.10. The average molecular weight is 297 g/mol. The summed E-state index contributed by atoms with van der Waals surface area (Å²) in [7, 11) is -3.65. The smallest absolute Gasteiger partial charge is 0.335 e. The molecule has 0 unspecified atom stereocenters. The van der Waals surface area contributed by atoms with Crippen molar-refractivity contribution in [3.05, 3.63) is 29.6 Å². The van der Waals surface area contributed by atoms with Gasteiger partial charge in [-0.2, -0.15) is 4.31 Å². The zero-order valence-corrected chi connectivity index (χ0v) is 10.5. The summed E-state index contributed by atoms with van der Waals surface area (Å²) in [6.45, 7) is -1.11. The fourth-order valence-corrected chi connectivity index (χ4v) is 2.53. The lowest BCUT2D eigenvalue weighted by atomic mass is 10.2. The Balaban J connectivity index is 3.28. The fraction of sp³-hybridized carbons (Fsp3) is 0.300. The van der Waals surface area contributed by atoms with Gasteiger partial charge in [-0.25, -0.2) is 26.4 Å². The molecule has 0 amide bonds. The van der Waals surface area contributed by atoms with Gasteiger partial charge in [-0.15, -0.1) is 0 Å². The van der Waals surface area contributed by atoms with Gasteiger partial charge >= 0.3 is 5.97 Å². The molecule has 1 aromatic carbocycles. The summed E-state index contributed by atoms with van der Waals surface area (Å²) in [5.74, 6) is -2.65. The number of carbonyl (C=O) groups is 1. The van der Waals surface area contributed by atoms with Gasteiger partial charge in [0.25, 0.3) is 6.43 Å². The molecule has 0 aliphatic rings. The van der Waals surface area contributed by atoms with E-state index in [9.17, 15) is 26.4 Å². The lowest BCUT2D eigenvalue weighted by Gasteiger charge is -2.17. The number of alkyl halides is 2. The van der Waals surface area contributed by atoms with Gasteiger partial charge in [-0.3, -0.25) is 0 Å². The molecule has 0 aromatic heterocycles. The number of carboxylic acid groups (broad SMARTS) is 1. The molecule has 0 bridgehead atoms. The first-order valence-corrected chi connectivity index (χ1v) is 6.37. The lowest BCUT2D eigenvalue weighted by Crippen LogP contribution is -2.32. The van der Waals surface area contributed by atoms with Gasteiger partial charge < -0.3 is 5.11 Å². The van der Waals surface area contributed by atoms with Crippen LogP contribution in [0.5, 0.6) is 0 Å². The first kappa shape index (κ1) is 15.4. The Bertz CT molecular complexity index is 588. The highest BCUT2D eigenvalue weighted by Crippen LogP contribution is 2.20. The largest absolute Gasteiger partial charge is 0.478 e. The molecule has 19 heavy (non-hydrogen) atoms. The summed E-state index contributed by atoms with van der Waals surface area (Å²) in [6, 6.07) is 2.13. The number of nitrogens with zero attached hydrogens (tertiary/aromatic N) is 1. The Kier molecular flexibility index (Phi) is 4.53. The molecule has 0 radical (unpaired) electrons. The molecule has 0 fully saturated rings. The van der Waals surface area contributed by atoms with Gasteiger partial charge in [-0.1, -0.05) is 0 Å². The van der Waals surface area contributed by atoms with Crippen LogP contribution in [0.1, 0.15) is 10.4 Å². The Hall–Kier alpha value is -1.61. The van der Waals surface area contributed by atoms with Crippen molar-refractivity contribution in [3.8, 4) is 0 Å². The molecule has 1 N–H and O–H groups in total. The molecule has 0 heterocycles.